The summed E-state index contributed by atoms with van der Waals surface area (Å²) >= 11 is 0. The molecule has 20 heavy (non-hydrogen) atoms. The summed E-state index contributed by atoms with van der Waals surface area (Å²) in [6.45, 7) is 0.694. The standard InChI is InChI=1S/C16H21NO3/c18-15(12-6-2-1-3-7-12)20-16(19)10-11-17-14-9-5-4-8-13(14)16/h1-3,6-7,13-14,17,19H,4-5,8-11H2/t13-,14-,16-/m0/s1. The molecule has 3 rings (SSSR count). The number of piperidine rings is 1. The molecule has 0 aromatic heterocycles. The Kier molecular flexibility index (Phi) is 3.76. The van der Waals surface area contributed by atoms with Crippen LogP contribution in [0.15, 0.2) is 30.3 Å². The van der Waals surface area contributed by atoms with Gasteiger partial charge >= 0.3 is 5.97 Å². The van der Waals surface area contributed by atoms with E-state index in [4.69, 9.17) is 4.74 Å². The van der Waals surface area contributed by atoms with Crippen LogP contribution in [-0.2, 0) is 4.74 Å². The second kappa shape index (κ2) is 5.54. The fourth-order valence-corrected chi connectivity index (χ4v) is 3.46. The zero-order chi connectivity index (χ0) is 14.0. The zero-order valence-corrected chi connectivity index (χ0v) is 11.5. The van der Waals surface area contributed by atoms with Gasteiger partial charge in [-0.05, 0) is 25.0 Å². The summed E-state index contributed by atoms with van der Waals surface area (Å²) in [6.07, 6.45) is 4.70. The van der Waals surface area contributed by atoms with Gasteiger partial charge in [-0.3, -0.25) is 0 Å². The lowest BCUT2D eigenvalue weighted by atomic mass is 9.75. The molecule has 3 atom stereocenters. The SMILES string of the molecule is O=C(O[C@@]1(O)CCN[C@H]2CCCC[C@@H]21)c1ccccc1. The van der Waals surface area contributed by atoms with Gasteiger partial charge in [0.2, 0.25) is 5.79 Å². The Hall–Kier alpha value is -1.39. The molecule has 1 aliphatic carbocycles. The number of aliphatic hydroxyl groups is 1. The van der Waals surface area contributed by atoms with E-state index in [0.29, 0.717) is 18.5 Å². The van der Waals surface area contributed by atoms with Crippen LogP contribution in [0.3, 0.4) is 0 Å². The highest BCUT2D eigenvalue weighted by atomic mass is 16.7. The molecule has 4 nitrogen and oxygen atoms in total. The average Bonchev–Trinajstić information content (AvgIpc) is 2.48. The first-order chi connectivity index (χ1) is 9.69. The molecule has 0 unspecified atom stereocenters. The fourth-order valence-electron chi connectivity index (χ4n) is 3.46. The van der Waals surface area contributed by atoms with Crippen molar-refractivity contribution in [3.63, 3.8) is 0 Å². The van der Waals surface area contributed by atoms with E-state index in [0.717, 1.165) is 19.3 Å². The van der Waals surface area contributed by atoms with Gasteiger partial charge in [0.25, 0.3) is 0 Å². The van der Waals surface area contributed by atoms with Gasteiger partial charge in [-0.2, -0.15) is 0 Å². The van der Waals surface area contributed by atoms with Crippen molar-refractivity contribution in [2.24, 2.45) is 5.92 Å². The van der Waals surface area contributed by atoms with Crippen molar-refractivity contribution >= 4 is 5.97 Å². The van der Waals surface area contributed by atoms with Crippen LogP contribution in [0.5, 0.6) is 0 Å². The lowest BCUT2D eigenvalue weighted by Gasteiger charge is -2.46. The summed E-state index contributed by atoms with van der Waals surface area (Å²) in [5.41, 5.74) is 0.492. The summed E-state index contributed by atoms with van der Waals surface area (Å²) in [5, 5.41) is 14.3. The molecule has 1 saturated carbocycles. The highest BCUT2D eigenvalue weighted by Gasteiger charge is 2.48. The van der Waals surface area contributed by atoms with Crippen LogP contribution in [0.1, 0.15) is 42.5 Å². The number of fused-ring (bicyclic) bond motifs is 1. The molecule has 2 aliphatic rings. The summed E-state index contributed by atoms with van der Waals surface area (Å²) in [7, 11) is 0. The van der Waals surface area contributed by atoms with Crippen molar-refractivity contribution in [3.05, 3.63) is 35.9 Å². The lowest BCUT2D eigenvalue weighted by molar-refractivity contribution is -0.227. The van der Waals surface area contributed by atoms with Crippen molar-refractivity contribution in [2.45, 2.75) is 43.9 Å². The van der Waals surface area contributed by atoms with Crippen LogP contribution < -0.4 is 5.32 Å². The van der Waals surface area contributed by atoms with Gasteiger partial charge in [0.15, 0.2) is 0 Å². The Labute approximate surface area is 119 Å². The third-order valence-electron chi connectivity index (χ3n) is 4.51. The number of hydrogen-bond acceptors (Lipinski definition) is 4. The van der Waals surface area contributed by atoms with E-state index >= 15 is 0 Å². The Morgan fingerprint density at radius 3 is 2.80 bits per heavy atom. The van der Waals surface area contributed by atoms with E-state index in [2.05, 4.69) is 5.32 Å². The largest absolute Gasteiger partial charge is 0.429 e. The van der Waals surface area contributed by atoms with E-state index in [1.165, 1.54) is 6.42 Å². The van der Waals surface area contributed by atoms with Crippen LogP contribution >= 0.6 is 0 Å². The molecule has 0 spiro atoms. The maximum absolute atomic E-state index is 12.2. The van der Waals surface area contributed by atoms with E-state index < -0.39 is 11.8 Å². The van der Waals surface area contributed by atoms with Crippen molar-refractivity contribution in [1.29, 1.82) is 0 Å². The highest BCUT2D eigenvalue weighted by molar-refractivity contribution is 5.89. The third kappa shape index (κ3) is 2.58. The molecule has 2 fully saturated rings. The first-order valence-electron chi connectivity index (χ1n) is 7.43. The molecule has 1 saturated heterocycles. The highest BCUT2D eigenvalue weighted by Crippen LogP contribution is 2.38. The van der Waals surface area contributed by atoms with Gasteiger partial charge in [0.05, 0.1) is 5.56 Å². The Balaban J connectivity index is 1.75. The van der Waals surface area contributed by atoms with E-state index in [9.17, 15) is 9.90 Å². The smallest absolute Gasteiger partial charge is 0.340 e. The molecule has 1 aromatic carbocycles. The quantitative estimate of drug-likeness (QED) is 0.641. The molecule has 0 bridgehead atoms. The van der Waals surface area contributed by atoms with Crippen molar-refractivity contribution < 1.29 is 14.6 Å². The second-order valence-corrected chi connectivity index (χ2v) is 5.80. The molecule has 1 aromatic rings. The van der Waals surface area contributed by atoms with Crippen molar-refractivity contribution in [1.82, 2.24) is 5.32 Å². The van der Waals surface area contributed by atoms with Crippen LogP contribution in [0.4, 0.5) is 0 Å². The van der Waals surface area contributed by atoms with Crippen molar-refractivity contribution in [2.75, 3.05) is 6.54 Å². The summed E-state index contributed by atoms with van der Waals surface area (Å²) in [6, 6.07) is 9.15. The normalized spacial score (nSPS) is 33.2. The first kappa shape index (κ1) is 13.6. The molecule has 0 radical (unpaired) electrons. The third-order valence-corrected chi connectivity index (χ3v) is 4.51. The predicted molar refractivity (Wildman–Crippen MR) is 75.2 cm³/mol. The van der Waals surface area contributed by atoms with E-state index in [1.54, 1.807) is 24.3 Å². The van der Waals surface area contributed by atoms with Crippen LogP contribution in [0.2, 0.25) is 0 Å². The number of hydrogen-bond donors (Lipinski definition) is 2. The minimum absolute atomic E-state index is 0.0117. The van der Waals surface area contributed by atoms with E-state index in [-0.39, 0.29) is 12.0 Å². The number of carbonyl (C=O) groups excluding carboxylic acids is 1. The number of carbonyl (C=O) groups is 1. The lowest BCUT2D eigenvalue weighted by Crippen LogP contribution is -2.59. The summed E-state index contributed by atoms with van der Waals surface area (Å²) in [5.74, 6) is -1.74. The van der Waals surface area contributed by atoms with Gasteiger partial charge < -0.3 is 15.2 Å². The molecular weight excluding hydrogens is 254 g/mol. The monoisotopic (exact) mass is 275 g/mol. The fraction of sp³-hybridized carbons (Fsp3) is 0.562. The van der Waals surface area contributed by atoms with Crippen LogP contribution in [0.25, 0.3) is 0 Å². The number of rotatable bonds is 2. The number of benzene rings is 1. The Bertz CT molecular complexity index is 474. The molecule has 108 valence electrons. The Morgan fingerprint density at radius 1 is 1.25 bits per heavy atom. The van der Waals surface area contributed by atoms with Crippen LogP contribution in [-0.4, -0.2) is 29.4 Å². The summed E-state index contributed by atoms with van der Waals surface area (Å²) in [4.78, 5) is 12.2. The van der Waals surface area contributed by atoms with Gasteiger partial charge in [0, 0.05) is 24.9 Å². The molecule has 1 heterocycles. The predicted octanol–water partition coefficient (Wildman–Crippen LogP) is 2.08. The Morgan fingerprint density at radius 2 is 2.00 bits per heavy atom. The topological polar surface area (TPSA) is 58.6 Å². The second-order valence-electron chi connectivity index (χ2n) is 5.80. The molecule has 0 amide bonds. The maximum atomic E-state index is 12.2. The molecule has 4 heteroatoms. The number of nitrogens with one attached hydrogen (secondary N) is 1. The van der Waals surface area contributed by atoms with Gasteiger partial charge in [0.1, 0.15) is 0 Å². The average molecular weight is 275 g/mol. The van der Waals surface area contributed by atoms with Crippen LogP contribution in [0, 0.1) is 5.92 Å². The maximum Gasteiger partial charge on any atom is 0.340 e. The summed E-state index contributed by atoms with van der Waals surface area (Å²) < 4.78 is 5.51. The first-order valence-corrected chi connectivity index (χ1v) is 7.43. The van der Waals surface area contributed by atoms with E-state index in [1.807, 2.05) is 6.07 Å². The molecular formula is C16H21NO3. The minimum Gasteiger partial charge on any atom is -0.429 e. The van der Waals surface area contributed by atoms with Gasteiger partial charge in [-0.15, -0.1) is 0 Å². The van der Waals surface area contributed by atoms with Gasteiger partial charge in [-0.1, -0.05) is 31.0 Å². The minimum atomic E-state index is -1.32. The number of esters is 1. The number of ether oxygens (including phenoxy) is 1. The van der Waals surface area contributed by atoms with Gasteiger partial charge in [-0.25, -0.2) is 4.79 Å². The molecule has 2 N–H and O–H groups in total. The van der Waals surface area contributed by atoms with Crippen molar-refractivity contribution in [3.8, 4) is 0 Å². The zero-order valence-electron chi connectivity index (χ0n) is 11.5. The molecule has 1 aliphatic heterocycles.